The molecule has 0 saturated carbocycles. The van der Waals surface area contributed by atoms with E-state index in [9.17, 15) is 19.8 Å². The highest BCUT2D eigenvalue weighted by molar-refractivity contribution is 6.06. The van der Waals surface area contributed by atoms with E-state index in [1.165, 1.54) is 0 Å². The van der Waals surface area contributed by atoms with Crippen molar-refractivity contribution in [2.75, 3.05) is 23.4 Å². The minimum atomic E-state index is -1.73. The fourth-order valence-electron chi connectivity index (χ4n) is 5.28. The molecule has 3 heterocycles. The standard InChI is InChI=1S/C29H33N5O4/c1-20(9-5-7-15-33-18-26(31-32-33)23(19-35)21-10-3-2-4-11-21)29(38)24-17-22(13-14-25(24)30-28(29)37)34-16-8-6-12-27(34)36/h2-5,9-11,13-14,17-18,20,23,35,38H,6-8,12,15-16,19H2,1H3,(H,30,37)/b9-5+/t20-,23?,29+/m1/s1. The number of nitrogens with one attached hydrogen (secondary N) is 1. The lowest BCUT2D eigenvalue weighted by molar-refractivity contribution is -0.137. The molecule has 1 aromatic heterocycles. The summed E-state index contributed by atoms with van der Waals surface area (Å²) >= 11 is 0. The lowest BCUT2D eigenvalue weighted by atomic mass is 9.82. The lowest BCUT2D eigenvalue weighted by Crippen LogP contribution is -2.40. The molecule has 0 radical (unpaired) electrons. The number of carbonyl (C=O) groups is 2. The van der Waals surface area contributed by atoms with Crippen molar-refractivity contribution >= 4 is 23.2 Å². The first-order chi connectivity index (χ1) is 18.4. The molecule has 2 aliphatic heterocycles. The normalized spacial score (nSPS) is 21.0. The third-order valence-corrected chi connectivity index (χ3v) is 7.55. The van der Waals surface area contributed by atoms with Crippen LogP contribution in [0.25, 0.3) is 0 Å². The molecule has 0 bridgehead atoms. The highest BCUT2D eigenvalue weighted by atomic mass is 16.3. The molecule has 0 spiro atoms. The summed E-state index contributed by atoms with van der Waals surface area (Å²) in [5.41, 5.74) is 1.72. The van der Waals surface area contributed by atoms with Crippen LogP contribution in [0.3, 0.4) is 0 Å². The summed E-state index contributed by atoms with van der Waals surface area (Å²) in [7, 11) is 0. The first kappa shape index (κ1) is 25.8. The number of benzene rings is 2. The number of fused-ring (bicyclic) bond motifs is 1. The molecular weight excluding hydrogens is 482 g/mol. The number of aromatic nitrogens is 3. The molecule has 1 saturated heterocycles. The number of anilines is 2. The van der Waals surface area contributed by atoms with Gasteiger partial charge in [-0.2, -0.15) is 0 Å². The van der Waals surface area contributed by atoms with E-state index in [2.05, 4.69) is 15.6 Å². The number of aliphatic hydroxyl groups excluding tert-OH is 1. The number of piperidine rings is 1. The fourth-order valence-corrected chi connectivity index (χ4v) is 5.28. The van der Waals surface area contributed by atoms with Crippen LogP contribution in [0.1, 0.15) is 55.3 Å². The fraction of sp³-hybridized carbons (Fsp3) is 0.379. The molecule has 9 nitrogen and oxygen atoms in total. The number of aliphatic hydroxyl groups is 2. The van der Waals surface area contributed by atoms with Crippen LogP contribution < -0.4 is 10.2 Å². The van der Waals surface area contributed by atoms with E-state index in [0.29, 0.717) is 48.6 Å². The minimum Gasteiger partial charge on any atom is -0.395 e. The van der Waals surface area contributed by atoms with Crippen molar-refractivity contribution in [1.29, 1.82) is 0 Å². The van der Waals surface area contributed by atoms with Gasteiger partial charge in [0, 0.05) is 48.6 Å². The maximum Gasteiger partial charge on any atom is 0.261 e. The van der Waals surface area contributed by atoms with Crippen LogP contribution in [0.15, 0.2) is 66.9 Å². The van der Waals surface area contributed by atoms with Gasteiger partial charge in [-0.25, -0.2) is 0 Å². The maximum absolute atomic E-state index is 12.9. The van der Waals surface area contributed by atoms with Gasteiger partial charge >= 0.3 is 0 Å². The van der Waals surface area contributed by atoms with Crippen LogP contribution in [-0.4, -0.2) is 50.2 Å². The highest BCUT2D eigenvalue weighted by Crippen LogP contribution is 2.43. The zero-order chi connectivity index (χ0) is 26.7. The van der Waals surface area contributed by atoms with Gasteiger partial charge in [-0.15, -0.1) is 5.10 Å². The van der Waals surface area contributed by atoms with Crippen LogP contribution in [0.5, 0.6) is 0 Å². The summed E-state index contributed by atoms with van der Waals surface area (Å²) in [4.78, 5) is 27.0. The Morgan fingerprint density at radius 2 is 1.97 bits per heavy atom. The average Bonchev–Trinajstić information content (AvgIpc) is 3.50. The van der Waals surface area contributed by atoms with E-state index in [1.807, 2.05) is 61.7 Å². The topological polar surface area (TPSA) is 121 Å². The number of allylic oxidation sites excluding steroid dienone is 1. The Morgan fingerprint density at radius 3 is 2.74 bits per heavy atom. The third-order valence-electron chi connectivity index (χ3n) is 7.55. The second-order valence-corrected chi connectivity index (χ2v) is 10.0. The molecule has 3 N–H and O–H groups in total. The number of rotatable bonds is 9. The van der Waals surface area contributed by atoms with Crippen LogP contribution in [0, 0.1) is 5.92 Å². The Labute approximate surface area is 221 Å². The summed E-state index contributed by atoms with van der Waals surface area (Å²) in [5, 5.41) is 32.7. The molecule has 2 aromatic carbocycles. The molecule has 0 aliphatic carbocycles. The predicted octanol–water partition coefficient (Wildman–Crippen LogP) is 3.34. The molecule has 3 atom stereocenters. The number of carbonyl (C=O) groups excluding carboxylic acids is 2. The van der Waals surface area contributed by atoms with Gasteiger partial charge < -0.3 is 20.4 Å². The molecule has 5 rings (SSSR count). The molecule has 1 fully saturated rings. The van der Waals surface area contributed by atoms with Gasteiger partial charge in [0.1, 0.15) is 0 Å². The molecule has 9 heteroatoms. The van der Waals surface area contributed by atoms with Gasteiger partial charge in [0.2, 0.25) is 5.91 Å². The van der Waals surface area contributed by atoms with Crippen LogP contribution in [0.4, 0.5) is 11.4 Å². The van der Waals surface area contributed by atoms with Gasteiger partial charge in [-0.05, 0) is 43.0 Å². The molecule has 2 amide bonds. The predicted molar refractivity (Wildman–Crippen MR) is 143 cm³/mol. The largest absolute Gasteiger partial charge is 0.395 e. The van der Waals surface area contributed by atoms with Crippen molar-refractivity contribution in [3.8, 4) is 0 Å². The van der Waals surface area contributed by atoms with Gasteiger partial charge in [0.05, 0.1) is 18.2 Å². The van der Waals surface area contributed by atoms with E-state index in [1.54, 1.807) is 21.7 Å². The first-order valence-electron chi connectivity index (χ1n) is 13.1. The van der Waals surface area contributed by atoms with Gasteiger partial charge in [-0.1, -0.05) is 54.6 Å². The summed E-state index contributed by atoms with van der Waals surface area (Å²) in [6.07, 6.45) is 8.55. The molecule has 1 unspecified atom stereocenters. The Kier molecular flexibility index (Phi) is 7.40. The Hall–Kier alpha value is -3.82. The second kappa shape index (κ2) is 10.9. The highest BCUT2D eigenvalue weighted by Gasteiger charge is 2.48. The zero-order valence-corrected chi connectivity index (χ0v) is 21.5. The first-order valence-corrected chi connectivity index (χ1v) is 13.1. The van der Waals surface area contributed by atoms with Crippen molar-refractivity contribution in [2.24, 2.45) is 5.92 Å². The number of amides is 2. The SMILES string of the molecule is C[C@H](/C=C/CCn1cc(C(CO)c2ccccc2)nn1)[C@@]1(O)C(=O)Nc2ccc(N3CCCCC3=O)cc21. The monoisotopic (exact) mass is 515 g/mol. The summed E-state index contributed by atoms with van der Waals surface area (Å²) in [5.74, 6) is -1.14. The van der Waals surface area contributed by atoms with Crippen molar-refractivity contribution in [2.45, 2.75) is 50.7 Å². The Bertz CT molecular complexity index is 1340. The molecular formula is C29H33N5O4. The molecule has 2 aliphatic rings. The third kappa shape index (κ3) is 4.87. The summed E-state index contributed by atoms with van der Waals surface area (Å²) < 4.78 is 1.73. The minimum absolute atomic E-state index is 0.0596. The van der Waals surface area contributed by atoms with E-state index < -0.39 is 17.4 Å². The van der Waals surface area contributed by atoms with Crippen LogP contribution >= 0.6 is 0 Å². The maximum atomic E-state index is 12.9. The van der Waals surface area contributed by atoms with Crippen molar-refractivity contribution in [1.82, 2.24) is 15.0 Å². The molecule has 38 heavy (non-hydrogen) atoms. The second-order valence-electron chi connectivity index (χ2n) is 10.0. The number of nitrogens with zero attached hydrogens (tertiary/aromatic N) is 4. The Morgan fingerprint density at radius 1 is 1.16 bits per heavy atom. The summed E-state index contributed by atoms with van der Waals surface area (Å²) in [6.45, 7) is 2.95. The number of hydrogen-bond acceptors (Lipinski definition) is 6. The van der Waals surface area contributed by atoms with Gasteiger partial charge in [0.25, 0.3) is 5.91 Å². The van der Waals surface area contributed by atoms with E-state index >= 15 is 0 Å². The van der Waals surface area contributed by atoms with Crippen LogP contribution in [0.2, 0.25) is 0 Å². The Balaban J connectivity index is 1.25. The van der Waals surface area contributed by atoms with E-state index in [0.717, 1.165) is 18.4 Å². The number of aryl methyl sites for hydroxylation is 1. The molecule has 198 valence electrons. The van der Waals surface area contributed by atoms with E-state index in [-0.39, 0.29) is 18.4 Å². The van der Waals surface area contributed by atoms with Gasteiger partial charge in [0.15, 0.2) is 5.60 Å². The average molecular weight is 516 g/mol. The van der Waals surface area contributed by atoms with Crippen LogP contribution in [-0.2, 0) is 21.7 Å². The van der Waals surface area contributed by atoms with Crippen molar-refractivity contribution < 1.29 is 19.8 Å². The molecule has 3 aromatic rings. The van der Waals surface area contributed by atoms with Crippen molar-refractivity contribution in [3.63, 3.8) is 0 Å². The quantitative estimate of drug-likeness (QED) is 0.376. The number of hydrogen-bond donors (Lipinski definition) is 3. The van der Waals surface area contributed by atoms with E-state index in [4.69, 9.17) is 0 Å². The van der Waals surface area contributed by atoms with Crippen molar-refractivity contribution in [3.05, 3.63) is 83.7 Å². The van der Waals surface area contributed by atoms with Gasteiger partial charge in [-0.3, -0.25) is 14.3 Å². The lowest BCUT2D eigenvalue weighted by Gasteiger charge is -2.29. The zero-order valence-electron chi connectivity index (χ0n) is 21.5. The smallest absolute Gasteiger partial charge is 0.261 e. The summed E-state index contributed by atoms with van der Waals surface area (Å²) in [6, 6.07) is 15.1.